The lowest BCUT2D eigenvalue weighted by molar-refractivity contribution is 0.0586. The second-order valence-corrected chi connectivity index (χ2v) is 4.24. The molecule has 0 radical (unpaired) electrons. The molecule has 0 aromatic carbocycles. The summed E-state index contributed by atoms with van der Waals surface area (Å²) in [6.45, 7) is 2.52. The Morgan fingerprint density at radius 1 is 1.30 bits per heavy atom. The maximum atomic E-state index is 11.4. The number of carbonyl (C=O) groups is 1. The monoisotopic (exact) mass is 272 g/mol. The Bertz CT molecular complexity index is 587. The molecule has 104 valence electrons. The molecule has 1 N–H and O–H groups in total. The van der Waals surface area contributed by atoms with Gasteiger partial charge in [-0.3, -0.25) is 4.98 Å². The van der Waals surface area contributed by atoms with Crippen LogP contribution in [0.4, 0.5) is 5.82 Å². The molecule has 0 saturated carbocycles. The van der Waals surface area contributed by atoms with Gasteiger partial charge in [0.05, 0.1) is 7.11 Å². The van der Waals surface area contributed by atoms with Gasteiger partial charge < -0.3 is 10.1 Å². The molecule has 2 rings (SSSR count). The minimum atomic E-state index is -0.536. The Kier molecular flexibility index (Phi) is 4.60. The van der Waals surface area contributed by atoms with Gasteiger partial charge in [-0.1, -0.05) is 0 Å². The first-order chi connectivity index (χ1) is 9.69. The smallest absolute Gasteiger partial charge is 0.376 e. The van der Waals surface area contributed by atoms with Gasteiger partial charge in [-0.2, -0.15) is 0 Å². The van der Waals surface area contributed by atoms with Gasteiger partial charge in [0.15, 0.2) is 0 Å². The van der Waals surface area contributed by atoms with Gasteiger partial charge >= 0.3 is 5.97 Å². The summed E-state index contributed by atoms with van der Waals surface area (Å²) in [5.41, 5.74) is 1.90. The number of carbonyl (C=O) groups excluding carboxylic acids is 1. The standard InChI is InChI=1S/C14H16N4O2/c1-10-9-12(18-13(17-10)14(19)20-2)16-8-5-11-3-6-15-7-4-11/h3-4,6-7,9H,5,8H2,1-2H3,(H,16,17,18). The van der Waals surface area contributed by atoms with Crippen molar-refractivity contribution in [2.75, 3.05) is 19.0 Å². The zero-order valence-electron chi connectivity index (χ0n) is 11.5. The maximum Gasteiger partial charge on any atom is 0.376 e. The van der Waals surface area contributed by atoms with E-state index in [9.17, 15) is 4.79 Å². The van der Waals surface area contributed by atoms with Gasteiger partial charge in [-0.25, -0.2) is 14.8 Å². The first-order valence-corrected chi connectivity index (χ1v) is 6.26. The Balaban J connectivity index is 1.99. The Hall–Kier alpha value is -2.50. The zero-order valence-corrected chi connectivity index (χ0v) is 11.5. The van der Waals surface area contributed by atoms with Gasteiger partial charge in [0.2, 0.25) is 5.82 Å². The van der Waals surface area contributed by atoms with E-state index in [1.165, 1.54) is 12.7 Å². The number of hydrogen-bond acceptors (Lipinski definition) is 6. The van der Waals surface area contributed by atoms with Crippen LogP contribution in [-0.2, 0) is 11.2 Å². The molecule has 0 saturated heterocycles. The van der Waals surface area contributed by atoms with E-state index >= 15 is 0 Å². The summed E-state index contributed by atoms with van der Waals surface area (Å²) in [5, 5.41) is 3.17. The fourth-order valence-corrected chi connectivity index (χ4v) is 1.73. The summed E-state index contributed by atoms with van der Waals surface area (Å²) in [5.74, 6) is 0.150. The Labute approximate surface area is 117 Å². The van der Waals surface area contributed by atoms with E-state index in [2.05, 4.69) is 25.0 Å². The summed E-state index contributed by atoms with van der Waals surface area (Å²) in [6, 6.07) is 5.72. The van der Waals surface area contributed by atoms with E-state index < -0.39 is 5.97 Å². The average Bonchev–Trinajstić information content (AvgIpc) is 2.47. The molecule has 0 unspecified atom stereocenters. The van der Waals surface area contributed by atoms with Crippen molar-refractivity contribution in [3.8, 4) is 0 Å². The average molecular weight is 272 g/mol. The van der Waals surface area contributed by atoms with Crippen molar-refractivity contribution in [2.24, 2.45) is 0 Å². The topological polar surface area (TPSA) is 77.0 Å². The van der Waals surface area contributed by atoms with Crippen molar-refractivity contribution < 1.29 is 9.53 Å². The number of pyridine rings is 1. The summed E-state index contributed by atoms with van der Waals surface area (Å²) >= 11 is 0. The fourth-order valence-electron chi connectivity index (χ4n) is 1.73. The zero-order chi connectivity index (χ0) is 14.4. The number of ether oxygens (including phenoxy) is 1. The highest BCUT2D eigenvalue weighted by Gasteiger charge is 2.11. The predicted octanol–water partition coefficient (Wildman–Crippen LogP) is 1.62. The van der Waals surface area contributed by atoms with Crippen LogP contribution >= 0.6 is 0 Å². The SMILES string of the molecule is COC(=O)c1nc(C)cc(NCCc2ccncc2)n1. The van der Waals surface area contributed by atoms with E-state index in [1.54, 1.807) is 18.5 Å². The number of esters is 1. The lowest BCUT2D eigenvalue weighted by Gasteiger charge is -2.07. The molecule has 0 fully saturated rings. The number of anilines is 1. The summed E-state index contributed by atoms with van der Waals surface area (Å²) in [7, 11) is 1.31. The quantitative estimate of drug-likeness (QED) is 0.833. The third-order valence-electron chi connectivity index (χ3n) is 2.69. The van der Waals surface area contributed by atoms with Gasteiger partial charge in [-0.15, -0.1) is 0 Å². The van der Waals surface area contributed by atoms with Gasteiger partial charge in [-0.05, 0) is 31.0 Å². The second-order valence-electron chi connectivity index (χ2n) is 4.24. The first kappa shape index (κ1) is 13.9. The number of methoxy groups -OCH3 is 1. The largest absolute Gasteiger partial charge is 0.463 e. The molecule has 6 heteroatoms. The molecule has 0 aliphatic rings. The van der Waals surface area contributed by atoms with Crippen molar-refractivity contribution in [3.05, 3.63) is 47.7 Å². The molecule has 2 aromatic heterocycles. The number of aromatic nitrogens is 3. The van der Waals surface area contributed by atoms with Crippen LogP contribution in [0.2, 0.25) is 0 Å². The highest BCUT2D eigenvalue weighted by Crippen LogP contribution is 2.07. The first-order valence-electron chi connectivity index (χ1n) is 6.26. The molecule has 2 aromatic rings. The molecule has 0 aliphatic carbocycles. The van der Waals surface area contributed by atoms with Crippen molar-refractivity contribution >= 4 is 11.8 Å². The maximum absolute atomic E-state index is 11.4. The van der Waals surface area contributed by atoms with Crippen molar-refractivity contribution in [1.82, 2.24) is 15.0 Å². The normalized spacial score (nSPS) is 10.1. The van der Waals surface area contributed by atoms with Gasteiger partial charge in [0, 0.05) is 30.7 Å². The van der Waals surface area contributed by atoms with Crippen LogP contribution in [-0.4, -0.2) is 34.6 Å². The molecular weight excluding hydrogens is 256 g/mol. The minimum absolute atomic E-state index is 0.0684. The van der Waals surface area contributed by atoms with E-state index in [4.69, 9.17) is 0 Å². The van der Waals surface area contributed by atoms with Crippen LogP contribution in [0.15, 0.2) is 30.6 Å². The highest BCUT2D eigenvalue weighted by atomic mass is 16.5. The minimum Gasteiger partial charge on any atom is -0.463 e. The Morgan fingerprint density at radius 3 is 2.75 bits per heavy atom. The molecule has 0 atom stereocenters. The van der Waals surface area contributed by atoms with Crippen molar-refractivity contribution in [2.45, 2.75) is 13.3 Å². The summed E-state index contributed by atoms with van der Waals surface area (Å²) in [4.78, 5) is 23.6. The van der Waals surface area contributed by atoms with Crippen LogP contribution in [0.3, 0.4) is 0 Å². The van der Waals surface area contributed by atoms with Crippen molar-refractivity contribution in [3.63, 3.8) is 0 Å². The molecule has 0 amide bonds. The number of aryl methyl sites for hydroxylation is 1. The third kappa shape index (κ3) is 3.74. The molecule has 0 aliphatic heterocycles. The van der Waals surface area contributed by atoms with Crippen LogP contribution in [0.1, 0.15) is 21.9 Å². The molecule has 20 heavy (non-hydrogen) atoms. The van der Waals surface area contributed by atoms with Crippen molar-refractivity contribution in [1.29, 1.82) is 0 Å². The fraction of sp³-hybridized carbons (Fsp3) is 0.286. The third-order valence-corrected chi connectivity index (χ3v) is 2.69. The summed E-state index contributed by atoms with van der Waals surface area (Å²) in [6.07, 6.45) is 4.37. The van der Waals surface area contributed by atoms with Crippen LogP contribution in [0.5, 0.6) is 0 Å². The number of hydrogen-bond donors (Lipinski definition) is 1. The van der Waals surface area contributed by atoms with Gasteiger partial charge in [0.25, 0.3) is 0 Å². The lowest BCUT2D eigenvalue weighted by atomic mass is 10.2. The van der Waals surface area contributed by atoms with E-state index in [-0.39, 0.29) is 5.82 Å². The molecule has 0 spiro atoms. The molecule has 6 nitrogen and oxygen atoms in total. The number of nitrogens with one attached hydrogen (secondary N) is 1. The van der Waals surface area contributed by atoms with Crippen LogP contribution < -0.4 is 5.32 Å². The van der Waals surface area contributed by atoms with Gasteiger partial charge in [0.1, 0.15) is 5.82 Å². The molecular formula is C14H16N4O2. The molecule has 0 bridgehead atoms. The number of nitrogens with zero attached hydrogens (tertiary/aromatic N) is 3. The lowest BCUT2D eigenvalue weighted by Crippen LogP contribution is -2.12. The Morgan fingerprint density at radius 2 is 2.05 bits per heavy atom. The van der Waals surface area contributed by atoms with E-state index in [1.807, 2.05) is 19.1 Å². The molecule has 2 heterocycles. The van der Waals surface area contributed by atoms with E-state index in [0.29, 0.717) is 18.1 Å². The van der Waals surface area contributed by atoms with E-state index in [0.717, 1.165) is 6.42 Å². The number of rotatable bonds is 5. The van der Waals surface area contributed by atoms with Crippen LogP contribution in [0, 0.1) is 6.92 Å². The summed E-state index contributed by atoms with van der Waals surface area (Å²) < 4.78 is 4.62. The highest BCUT2D eigenvalue weighted by molar-refractivity contribution is 5.85. The predicted molar refractivity (Wildman–Crippen MR) is 74.5 cm³/mol. The van der Waals surface area contributed by atoms with Crippen LogP contribution in [0.25, 0.3) is 0 Å². The second kappa shape index (κ2) is 6.60.